The van der Waals surface area contributed by atoms with Crippen molar-refractivity contribution in [3.63, 3.8) is 0 Å². The second-order valence-electron chi connectivity index (χ2n) is 8.81. The van der Waals surface area contributed by atoms with Crippen molar-refractivity contribution < 1.29 is 8.42 Å². The van der Waals surface area contributed by atoms with E-state index in [-0.39, 0.29) is 0 Å². The molecule has 6 heteroatoms. The van der Waals surface area contributed by atoms with Crippen LogP contribution in [0.15, 0.2) is 119 Å². The lowest BCUT2D eigenvalue weighted by Gasteiger charge is -2.25. The molecule has 182 valence electrons. The highest BCUT2D eigenvalue weighted by Crippen LogP contribution is 2.34. The molecule has 0 radical (unpaired) electrons. The van der Waals surface area contributed by atoms with Crippen molar-refractivity contribution in [2.24, 2.45) is 4.99 Å². The van der Waals surface area contributed by atoms with Gasteiger partial charge in [0.25, 0.3) is 0 Å². The Morgan fingerprint density at radius 3 is 1.72 bits per heavy atom. The molecule has 4 aromatic rings. The zero-order valence-corrected chi connectivity index (χ0v) is 20.9. The second-order valence-corrected chi connectivity index (χ2v) is 10.8. The predicted octanol–water partition coefficient (Wildman–Crippen LogP) is 7.08. The first-order valence-corrected chi connectivity index (χ1v) is 13.7. The summed E-state index contributed by atoms with van der Waals surface area (Å²) in [5.41, 5.74) is 4.91. The van der Waals surface area contributed by atoms with E-state index in [9.17, 15) is 8.42 Å². The molecule has 0 aromatic heterocycles. The number of nitrogens with zero attached hydrogens (tertiary/aromatic N) is 3. The van der Waals surface area contributed by atoms with Gasteiger partial charge in [0, 0.05) is 36.4 Å². The molecule has 0 atom stereocenters. The van der Waals surface area contributed by atoms with E-state index in [1.54, 1.807) is 34.8 Å². The van der Waals surface area contributed by atoms with E-state index < -0.39 is 10.0 Å². The van der Waals surface area contributed by atoms with Crippen molar-refractivity contribution in [3.8, 4) is 0 Å². The molecule has 0 saturated carbocycles. The standard InChI is InChI=1S/C30H29N3O2S/c34-36(35,32-22-8-3-9-23-32)30-20-16-26(17-21-30)31-24-25-14-18-29(19-15-25)33(27-10-4-1-5-11-27)28-12-6-2-7-13-28/h1-2,4-7,10-21,24H,3,8-9,22-23H2. The summed E-state index contributed by atoms with van der Waals surface area (Å²) in [5.74, 6) is 0. The van der Waals surface area contributed by atoms with Crippen LogP contribution in [-0.4, -0.2) is 32.0 Å². The fourth-order valence-corrected chi connectivity index (χ4v) is 5.94. The van der Waals surface area contributed by atoms with E-state index in [0.29, 0.717) is 23.7 Å². The van der Waals surface area contributed by atoms with Gasteiger partial charge in [0.1, 0.15) is 0 Å². The SMILES string of the molecule is O=S(=O)(c1ccc(N=Cc2ccc(N(c3ccccc3)c3ccccc3)cc2)cc1)N1CCCCC1. The maximum Gasteiger partial charge on any atom is 0.243 e. The Labute approximate surface area is 213 Å². The van der Waals surface area contributed by atoms with Crippen LogP contribution >= 0.6 is 0 Å². The number of sulfonamides is 1. The number of para-hydroxylation sites is 2. The number of hydrogen-bond acceptors (Lipinski definition) is 4. The van der Waals surface area contributed by atoms with Crippen LogP contribution in [0.5, 0.6) is 0 Å². The summed E-state index contributed by atoms with van der Waals surface area (Å²) < 4.78 is 27.3. The van der Waals surface area contributed by atoms with Crippen LogP contribution in [0.4, 0.5) is 22.7 Å². The Balaban J connectivity index is 1.32. The molecule has 1 saturated heterocycles. The molecule has 0 amide bonds. The topological polar surface area (TPSA) is 53.0 Å². The number of aliphatic imine (C=N–C) groups is 1. The molecule has 5 nitrogen and oxygen atoms in total. The molecule has 0 spiro atoms. The molecule has 4 aromatic carbocycles. The fourth-order valence-electron chi connectivity index (χ4n) is 4.42. The second kappa shape index (κ2) is 10.9. The molecule has 0 aliphatic carbocycles. The largest absolute Gasteiger partial charge is 0.311 e. The van der Waals surface area contributed by atoms with Gasteiger partial charge in [0.05, 0.1) is 10.6 Å². The van der Waals surface area contributed by atoms with Gasteiger partial charge in [0.2, 0.25) is 10.0 Å². The quantitative estimate of drug-likeness (QED) is 0.257. The van der Waals surface area contributed by atoms with Gasteiger partial charge in [-0.15, -0.1) is 0 Å². The van der Waals surface area contributed by atoms with Crippen LogP contribution in [0.1, 0.15) is 24.8 Å². The van der Waals surface area contributed by atoms with E-state index in [0.717, 1.165) is 41.9 Å². The third kappa shape index (κ3) is 5.40. The summed E-state index contributed by atoms with van der Waals surface area (Å²) in [6, 6.07) is 35.6. The zero-order chi connectivity index (χ0) is 24.8. The summed E-state index contributed by atoms with van der Waals surface area (Å²) in [6.07, 6.45) is 4.74. The molecular formula is C30H29N3O2S. The highest BCUT2D eigenvalue weighted by atomic mass is 32.2. The monoisotopic (exact) mass is 495 g/mol. The van der Waals surface area contributed by atoms with Crippen molar-refractivity contribution >= 4 is 39.0 Å². The van der Waals surface area contributed by atoms with Gasteiger partial charge >= 0.3 is 0 Å². The Morgan fingerprint density at radius 2 is 1.17 bits per heavy atom. The van der Waals surface area contributed by atoms with Crippen LogP contribution < -0.4 is 4.90 Å². The van der Waals surface area contributed by atoms with Gasteiger partial charge in [0.15, 0.2) is 0 Å². The van der Waals surface area contributed by atoms with E-state index in [1.165, 1.54) is 0 Å². The summed E-state index contributed by atoms with van der Waals surface area (Å²) in [4.78, 5) is 7.10. The maximum absolute atomic E-state index is 12.9. The zero-order valence-electron chi connectivity index (χ0n) is 20.1. The van der Waals surface area contributed by atoms with E-state index in [2.05, 4.69) is 46.3 Å². The van der Waals surface area contributed by atoms with Gasteiger partial charge in [-0.05, 0) is 79.1 Å². The molecule has 1 fully saturated rings. The van der Waals surface area contributed by atoms with E-state index in [1.807, 2.05) is 48.5 Å². The molecule has 36 heavy (non-hydrogen) atoms. The first-order valence-electron chi connectivity index (χ1n) is 12.3. The lowest BCUT2D eigenvalue weighted by molar-refractivity contribution is 0.346. The predicted molar refractivity (Wildman–Crippen MR) is 147 cm³/mol. The summed E-state index contributed by atoms with van der Waals surface area (Å²) in [5, 5.41) is 0. The molecule has 0 N–H and O–H groups in total. The van der Waals surface area contributed by atoms with Crippen molar-refractivity contribution in [2.75, 3.05) is 18.0 Å². The van der Waals surface area contributed by atoms with Gasteiger partial charge in [-0.25, -0.2) is 8.42 Å². The minimum Gasteiger partial charge on any atom is -0.311 e. The number of benzene rings is 4. The minimum atomic E-state index is -3.43. The van der Waals surface area contributed by atoms with Gasteiger partial charge < -0.3 is 4.90 Å². The molecule has 0 bridgehead atoms. The van der Waals surface area contributed by atoms with Gasteiger partial charge in [-0.1, -0.05) is 55.0 Å². The van der Waals surface area contributed by atoms with Gasteiger partial charge in [-0.3, -0.25) is 4.99 Å². The fraction of sp³-hybridized carbons (Fsp3) is 0.167. The van der Waals surface area contributed by atoms with Crippen LogP contribution in [0.25, 0.3) is 0 Å². The summed E-state index contributed by atoms with van der Waals surface area (Å²) in [7, 11) is -3.43. The van der Waals surface area contributed by atoms with Crippen molar-refractivity contribution in [2.45, 2.75) is 24.2 Å². The Morgan fingerprint density at radius 1 is 0.639 bits per heavy atom. The number of hydrogen-bond donors (Lipinski definition) is 0. The summed E-state index contributed by atoms with van der Waals surface area (Å²) >= 11 is 0. The van der Waals surface area contributed by atoms with Crippen LogP contribution in [0.3, 0.4) is 0 Å². The number of anilines is 3. The van der Waals surface area contributed by atoms with E-state index >= 15 is 0 Å². The van der Waals surface area contributed by atoms with Crippen molar-refractivity contribution in [1.29, 1.82) is 0 Å². The highest BCUT2D eigenvalue weighted by molar-refractivity contribution is 7.89. The molecular weight excluding hydrogens is 466 g/mol. The lowest BCUT2D eigenvalue weighted by Crippen LogP contribution is -2.35. The first-order chi connectivity index (χ1) is 17.6. The lowest BCUT2D eigenvalue weighted by atomic mass is 10.1. The van der Waals surface area contributed by atoms with Crippen molar-refractivity contribution in [3.05, 3.63) is 115 Å². The highest BCUT2D eigenvalue weighted by Gasteiger charge is 2.25. The Kier molecular flexibility index (Phi) is 7.26. The molecule has 1 aliphatic rings. The molecule has 0 unspecified atom stereocenters. The smallest absolute Gasteiger partial charge is 0.243 e. The van der Waals surface area contributed by atoms with Crippen LogP contribution in [0.2, 0.25) is 0 Å². The van der Waals surface area contributed by atoms with Gasteiger partial charge in [-0.2, -0.15) is 4.31 Å². The first kappa shape index (κ1) is 24.0. The van der Waals surface area contributed by atoms with Crippen molar-refractivity contribution in [1.82, 2.24) is 4.31 Å². The average molecular weight is 496 g/mol. The van der Waals surface area contributed by atoms with Crippen LogP contribution in [0, 0.1) is 0 Å². The Bertz CT molecular complexity index is 1360. The number of rotatable bonds is 7. The molecule has 1 heterocycles. The minimum absolute atomic E-state index is 0.328. The third-order valence-corrected chi connectivity index (χ3v) is 8.25. The average Bonchev–Trinajstić information content (AvgIpc) is 2.95. The molecule has 5 rings (SSSR count). The normalized spacial score (nSPS) is 14.7. The Hall–Kier alpha value is -3.74. The molecule has 1 aliphatic heterocycles. The maximum atomic E-state index is 12.9. The third-order valence-electron chi connectivity index (χ3n) is 6.33. The van der Waals surface area contributed by atoms with E-state index in [4.69, 9.17) is 0 Å². The van der Waals surface area contributed by atoms with Crippen LogP contribution in [-0.2, 0) is 10.0 Å². The number of piperidine rings is 1. The summed E-state index contributed by atoms with van der Waals surface area (Å²) in [6.45, 7) is 1.20.